The second kappa shape index (κ2) is 10.6. The van der Waals surface area contributed by atoms with Gasteiger partial charge in [-0.2, -0.15) is 0 Å². The number of hydrogen-bond acceptors (Lipinski definition) is 5. The molecule has 4 aromatic rings. The summed E-state index contributed by atoms with van der Waals surface area (Å²) in [5, 5.41) is 6.40. The van der Waals surface area contributed by atoms with Crippen molar-refractivity contribution in [3.05, 3.63) is 84.8 Å². The zero-order valence-corrected chi connectivity index (χ0v) is 22.5. The lowest BCUT2D eigenvalue weighted by atomic mass is 10.1. The summed E-state index contributed by atoms with van der Waals surface area (Å²) in [5.41, 5.74) is 2.26. The average Bonchev–Trinajstić information content (AvgIpc) is 3.22. The third-order valence-corrected chi connectivity index (χ3v) is 7.98. The zero-order valence-electron chi connectivity index (χ0n) is 17.0. The van der Waals surface area contributed by atoms with Gasteiger partial charge < -0.3 is 5.32 Å². The van der Waals surface area contributed by atoms with Gasteiger partial charge in [-0.15, -0.1) is 17.9 Å². The predicted octanol–water partition coefficient (Wildman–Crippen LogP) is 7.22. The highest BCUT2D eigenvalue weighted by Crippen LogP contribution is 2.35. The number of rotatable bonds is 7. The van der Waals surface area contributed by atoms with Crippen LogP contribution in [0.5, 0.6) is 0 Å². The fourth-order valence-corrected chi connectivity index (χ4v) is 6.87. The number of amides is 1. The maximum Gasteiger partial charge on any atom is 0.263 e. The Morgan fingerprint density at radius 3 is 2.61 bits per heavy atom. The fraction of sp³-hybridized carbons (Fsp3) is 0.0870. The van der Waals surface area contributed by atoms with E-state index in [0.717, 1.165) is 11.1 Å². The van der Waals surface area contributed by atoms with Crippen LogP contribution in [-0.2, 0) is 11.3 Å². The monoisotopic (exact) mass is 623 g/mol. The number of carbonyl (C=O) groups is 1. The molecule has 168 valence electrons. The summed E-state index contributed by atoms with van der Waals surface area (Å²) in [4.78, 5) is 31.4. The van der Waals surface area contributed by atoms with Crippen molar-refractivity contribution in [2.45, 2.75) is 11.7 Å². The molecule has 0 spiro atoms. The van der Waals surface area contributed by atoms with Crippen LogP contribution in [0.1, 0.15) is 0 Å². The van der Waals surface area contributed by atoms with Crippen LogP contribution in [0.3, 0.4) is 0 Å². The summed E-state index contributed by atoms with van der Waals surface area (Å²) in [6.45, 7) is 4.07. The minimum Gasteiger partial charge on any atom is -0.323 e. The van der Waals surface area contributed by atoms with E-state index < -0.39 is 0 Å². The Bertz CT molecular complexity index is 1400. The Labute approximate surface area is 220 Å². The lowest BCUT2D eigenvalue weighted by molar-refractivity contribution is -0.113. The van der Waals surface area contributed by atoms with Gasteiger partial charge >= 0.3 is 0 Å². The number of nitrogens with zero attached hydrogens (tertiary/aromatic N) is 2. The first kappa shape index (κ1) is 24.2. The summed E-state index contributed by atoms with van der Waals surface area (Å²) >= 11 is 15.5. The standard InChI is InChI=1S/C23H16Br2ClN3O2S2/c1-2-8-29-22(31)19-15(13-6-4-3-5-7-13)11-32-21(19)28-23(29)33-12-18(30)27-20-16(24)9-14(26)10-17(20)25/h2-7,9-11H,1,8,12H2,(H,27,30). The van der Waals surface area contributed by atoms with Gasteiger partial charge in [0.2, 0.25) is 5.91 Å². The smallest absolute Gasteiger partial charge is 0.263 e. The number of benzene rings is 2. The van der Waals surface area contributed by atoms with Crippen molar-refractivity contribution < 1.29 is 4.79 Å². The van der Waals surface area contributed by atoms with E-state index in [1.807, 2.05) is 35.7 Å². The average molecular weight is 626 g/mol. The van der Waals surface area contributed by atoms with Crippen molar-refractivity contribution in [3.63, 3.8) is 0 Å². The molecule has 10 heteroatoms. The van der Waals surface area contributed by atoms with Crippen LogP contribution < -0.4 is 10.9 Å². The van der Waals surface area contributed by atoms with Crippen LogP contribution >= 0.6 is 66.6 Å². The molecular formula is C23H16Br2ClN3O2S2. The molecule has 2 aromatic heterocycles. The Balaban J connectivity index is 1.63. The second-order valence-corrected chi connectivity index (χ2v) is 10.8. The molecule has 2 heterocycles. The number of thiophene rings is 1. The Hall–Kier alpha value is -1.91. The highest BCUT2D eigenvalue weighted by molar-refractivity contribution is 9.11. The number of thioether (sulfide) groups is 1. The quantitative estimate of drug-likeness (QED) is 0.134. The van der Waals surface area contributed by atoms with E-state index in [9.17, 15) is 9.59 Å². The summed E-state index contributed by atoms with van der Waals surface area (Å²) in [7, 11) is 0. The van der Waals surface area contributed by atoms with E-state index in [2.05, 4.69) is 43.8 Å². The topological polar surface area (TPSA) is 64.0 Å². The normalized spacial score (nSPS) is 11.0. The van der Waals surface area contributed by atoms with Crippen molar-refractivity contribution in [1.82, 2.24) is 9.55 Å². The van der Waals surface area contributed by atoms with Crippen LogP contribution in [0.2, 0.25) is 5.02 Å². The lowest BCUT2D eigenvalue weighted by Crippen LogP contribution is -2.23. The van der Waals surface area contributed by atoms with Crippen molar-refractivity contribution in [2.24, 2.45) is 0 Å². The number of anilines is 1. The number of carbonyl (C=O) groups excluding carboxylic acids is 1. The van der Waals surface area contributed by atoms with Crippen LogP contribution in [0.15, 0.2) is 79.4 Å². The van der Waals surface area contributed by atoms with Crippen LogP contribution in [0.25, 0.3) is 21.3 Å². The number of aromatic nitrogens is 2. The molecule has 1 amide bonds. The fourth-order valence-electron chi connectivity index (χ4n) is 3.20. The van der Waals surface area contributed by atoms with Crippen LogP contribution in [-0.4, -0.2) is 21.2 Å². The molecule has 0 atom stereocenters. The summed E-state index contributed by atoms with van der Waals surface area (Å²) in [5.74, 6) is -0.160. The Morgan fingerprint density at radius 1 is 1.24 bits per heavy atom. The molecule has 0 aliphatic rings. The second-order valence-electron chi connectivity index (χ2n) is 6.88. The van der Waals surface area contributed by atoms with E-state index in [-0.39, 0.29) is 17.2 Å². The minimum absolute atomic E-state index is 0.0769. The van der Waals surface area contributed by atoms with Crippen molar-refractivity contribution in [3.8, 4) is 11.1 Å². The number of hydrogen-bond donors (Lipinski definition) is 1. The van der Waals surface area contributed by atoms with Crippen molar-refractivity contribution >= 4 is 88.4 Å². The van der Waals surface area contributed by atoms with Gasteiger partial charge in [-0.1, -0.05) is 59.8 Å². The number of fused-ring (bicyclic) bond motifs is 1. The molecule has 33 heavy (non-hydrogen) atoms. The largest absolute Gasteiger partial charge is 0.323 e. The molecule has 0 saturated carbocycles. The van der Waals surface area contributed by atoms with E-state index in [4.69, 9.17) is 16.6 Å². The van der Waals surface area contributed by atoms with Gasteiger partial charge in [0, 0.05) is 31.5 Å². The highest BCUT2D eigenvalue weighted by Gasteiger charge is 2.18. The molecule has 4 rings (SSSR count). The van der Waals surface area contributed by atoms with E-state index >= 15 is 0 Å². The van der Waals surface area contributed by atoms with Gasteiger partial charge in [-0.05, 0) is 49.6 Å². The van der Waals surface area contributed by atoms with Gasteiger partial charge in [-0.3, -0.25) is 14.2 Å². The minimum atomic E-state index is -0.237. The van der Waals surface area contributed by atoms with E-state index in [0.29, 0.717) is 41.6 Å². The molecule has 5 nitrogen and oxygen atoms in total. The van der Waals surface area contributed by atoms with Crippen LogP contribution in [0.4, 0.5) is 5.69 Å². The number of halogens is 3. The maximum atomic E-state index is 13.4. The summed E-state index contributed by atoms with van der Waals surface area (Å²) in [6, 6.07) is 13.2. The SMILES string of the molecule is C=CCn1c(SCC(=O)Nc2c(Br)cc(Cl)cc2Br)nc2scc(-c3ccccc3)c2c1=O. The first-order valence-corrected chi connectivity index (χ1v) is 13.5. The predicted molar refractivity (Wildman–Crippen MR) is 146 cm³/mol. The number of nitrogens with one attached hydrogen (secondary N) is 1. The number of allylic oxidation sites excluding steroid dienone is 1. The molecule has 1 N–H and O–H groups in total. The Morgan fingerprint density at radius 2 is 1.94 bits per heavy atom. The third-order valence-electron chi connectivity index (χ3n) is 4.66. The summed E-state index contributed by atoms with van der Waals surface area (Å²) < 4.78 is 2.88. The molecule has 0 unspecified atom stereocenters. The van der Waals surface area contributed by atoms with E-state index in [1.165, 1.54) is 23.1 Å². The Kier molecular flexibility index (Phi) is 7.76. The molecule has 0 fully saturated rings. The first-order valence-electron chi connectivity index (χ1n) is 9.64. The third kappa shape index (κ3) is 5.27. The van der Waals surface area contributed by atoms with E-state index in [1.54, 1.807) is 22.8 Å². The first-order chi connectivity index (χ1) is 15.9. The maximum absolute atomic E-state index is 13.4. The molecule has 0 aliphatic heterocycles. The molecular weight excluding hydrogens is 610 g/mol. The van der Waals surface area contributed by atoms with Gasteiger partial charge in [0.15, 0.2) is 5.16 Å². The van der Waals surface area contributed by atoms with Gasteiger partial charge in [0.05, 0.1) is 16.8 Å². The molecule has 2 aromatic carbocycles. The summed E-state index contributed by atoms with van der Waals surface area (Å²) in [6.07, 6.45) is 1.65. The van der Waals surface area contributed by atoms with Gasteiger partial charge in [0.25, 0.3) is 5.56 Å². The van der Waals surface area contributed by atoms with Crippen molar-refractivity contribution in [2.75, 3.05) is 11.1 Å². The molecule has 0 radical (unpaired) electrons. The lowest BCUT2D eigenvalue weighted by Gasteiger charge is -2.12. The zero-order chi connectivity index (χ0) is 23.5. The van der Waals surface area contributed by atoms with Gasteiger partial charge in [-0.25, -0.2) is 4.98 Å². The van der Waals surface area contributed by atoms with Crippen LogP contribution in [0, 0.1) is 0 Å². The van der Waals surface area contributed by atoms with Gasteiger partial charge in [0.1, 0.15) is 4.83 Å². The van der Waals surface area contributed by atoms with Crippen molar-refractivity contribution in [1.29, 1.82) is 0 Å². The molecule has 0 saturated heterocycles. The molecule has 0 aliphatic carbocycles. The molecule has 0 bridgehead atoms. The highest BCUT2D eigenvalue weighted by atomic mass is 79.9.